The van der Waals surface area contributed by atoms with Gasteiger partial charge in [-0.1, -0.05) is 30.3 Å². The minimum absolute atomic E-state index is 0.192. The standard InChI is InChI=1S/C18H17N3OS.C2HF3O2/c1-12(19)18(22)20-14-9-6-13(7-10-14)8-11-17-21-15-4-2-3-5-16(15)23-17;3-2(4,5)1(6)7/h2-12H,19H2,1H3,(H,20,22);(H,6,7)/b11-8+;/t12-;/m1./s1. The smallest absolute Gasteiger partial charge is 0.475 e. The number of benzene rings is 2. The van der Waals surface area contributed by atoms with Crippen molar-refractivity contribution in [2.24, 2.45) is 5.73 Å². The third kappa shape index (κ3) is 6.98. The maximum Gasteiger partial charge on any atom is 0.490 e. The number of fused-ring (bicyclic) bond motifs is 1. The average Bonchev–Trinajstić information content (AvgIpc) is 3.10. The van der Waals surface area contributed by atoms with Crippen molar-refractivity contribution in [3.8, 4) is 0 Å². The van der Waals surface area contributed by atoms with Crippen LogP contribution in [-0.2, 0) is 9.59 Å². The van der Waals surface area contributed by atoms with Crippen LogP contribution in [0, 0.1) is 0 Å². The van der Waals surface area contributed by atoms with Crippen LogP contribution in [0.2, 0.25) is 0 Å². The molecule has 0 bridgehead atoms. The predicted octanol–water partition coefficient (Wildman–Crippen LogP) is 4.39. The van der Waals surface area contributed by atoms with Crippen LogP contribution in [0.15, 0.2) is 48.5 Å². The van der Waals surface area contributed by atoms with Crippen molar-refractivity contribution in [1.82, 2.24) is 4.98 Å². The lowest BCUT2D eigenvalue weighted by atomic mass is 10.2. The Morgan fingerprint density at radius 2 is 1.73 bits per heavy atom. The summed E-state index contributed by atoms with van der Waals surface area (Å²) in [5, 5.41) is 10.9. The molecule has 2 aromatic carbocycles. The van der Waals surface area contributed by atoms with Crippen molar-refractivity contribution in [1.29, 1.82) is 0 Å². The molecule has 0 saturated carbocycles. The van der Waals surface area contributed by atoms with Crippen molar-refractivity contribution >= 4 is 51.3 Å². The van der Waals surface area contributed by atoms with Crippen LogP contribution in [0.25, 0.3) is 22.4 Å². The highest BCUT2D eigenvalue weighted by Gasteiger charge is 2.38. The van der Waals surface area contributed by atoms with Gasteiger partial charge in [-0.15, -0.1) is 11.3 Å². The maximum atomic E-state index is 11.5. The number of carboxylic acid groups (broad SMARTS) is 1. The van der Waals surface area contributed by atoms with Gasteiger partial charge in [-0.25, -0.2) is 9.78 Å². The van der Waals surface area contributed by atoms with Gasteiger partial charge >= 0.3 is 12.1 Å². The fourth-order valence-corrected chi connectivity index (χ4v) is 2.93. The molecule has 0 spiro atoms. The van der Waals surface area contributed by atoms with E-state index >= 15 is 0 Å². The molecular weight excluding hydrogens is 419 g/mol. The van der Waals surface area contributed by atoms with Crippen LogP contribution in [0.1, 0.15) is 17.5 Å². The zero-order chi connectivity index (χ0) is 22.3. The van der Waals surface area contributed by atoms with E-state index in [0.29, 0.717) is 0 Å². The predicted molar refractivity (Wildman–Crippen MR) is 111 cm³/mol. The summed E-state index contributed by atoms with van der Waals surface area (Å²) in [4.78, 5) is 25.0. The van der Waals surface area contributed by atoms with Gasteiger partial charge in [0.05, 0.1) is 16.3 Å². The third-order valence-corrected chi connectivity index (χ3v) is 4.56. The van der Waals surface area contributed by atoms with Gasteiger partial charge in [0.25, 0.3) is 0 Å². The van der Waals surface area contributed by atoms with E-state index in [1.165, 1.54) is 4.70 Å². The number of aliphatic carboxylic acids is 1. The fourth-order valence-electron chi connectivity index (χ4n) is 2.06. The number of nitrogens with one attached hydrogen (secondary N) is 1. The lowest BCUT2D eigenvalue weighted by Gasteiger charge is -2.07. The van der Waals surface area contributed by atoms with Crippen LogP contribution in [-0.4, -0.2) is 34.2 Å². The lowest BCUT2D eigenvalue weighted by Crippen LogP contribution is -2.32. The zero-order valence-corrected chi connectivity index (χ0v) is 16.5. The number of halogens is 3. The summed E-state index contributed by atoms with van der Waals surface area (Å²) in [6, 6.07) is 15.2. The first kappa shape index (κ1) is 23.0. The number of nitrogens with zero attached hydrogens (tertiary/aromatic N) is 1. The van der Waals surface area contributed by atoms with E-state index in [9.17, 15) is 18.0 Å². The third-order valence-electron chi connectivity index (χ3n) is 3.56. The topological polar surface area (TPSA) is 105 Å². The Hall–Kier alpha value is -3.24. The van der Waals surface area contributed by atoms with Crippen molar-refractivity contribution in [3.63, 3.8) is 0 Å². The molecule has 1 amide bonds. The average molecular weight is 437 g/mol. The minimum atomic E-state index is -5.08. The molecule has 3 aromatic rings. The van der Waals surface area contributed by atoms with Crippen molar-refractivity contribution in [2.75, 3.05) is 5.32 Å². The monoisotopic (exact) mass is 437 g/mol. The summed E-state index contributed by atoms with van der Waals surface area (Å²) in [5.41, 5.74) is 8.33. The molecule has 1 aromatic heterocycles. The summed E-state index contributed by atoms with van der Waals surface area (Å²) in [7, 11) is 0. The highest BCUT2D eigenvalue weighted by atomic mass is 32.1. The van der Waals surface area contributed by atoms with E-state index in [1.54, 1.807) is 18.3 Å². The molecule has 4 N–H and O–H groups in total. The molecular formula is C20H18F3N3O3S. The summed E-state index contributed by atoms with van der Waals surface area (Å²) < 4.78 is 32.9. The number of carbonyl (C=O) groups excluding carboxylic acids is 1. The number of anilines is 1. The summed E-state index contributed by atoms with van der Waals surface area (Å²) in [6.45, 7) is 1.66. The minimum Gasteiger partial charge on any atom is -0.475 e. The van der Waals surface area contributed by atoms with Crippen molar-refractivity contribution in [3.05, 3.63) is 59.1 Å². The number of para-hydroxylation sites is 1. The first-order chi connectivity index (χ1) is 14.1. The quantitative estimate of drug-likeness (QED) is 0.562. The molecule has 0 unspecified atom stereocenters. The van der Waals surface area contributed by atoms with Gasteiger partial charge in [-0.2, -0.15) is 13.2 Å². The van der Waals surface area contributed by atoms with Crippen LogP contribution in [0.5, 0.6) is 0 Å². The molecule has 0 fully saturated rings. The summed E-state index contributed by atoms with van der Waals surface area (Å²) in [5.74, 6) is -2.95. The van der Waals surface area contributed by atoms with Crippen LogP contribution in [0.3, 0.4) is 0 Å². The second-order valence-electron chi connectivity index (χ2n) is 6.06. The Kier molecular flexibility index (Phi) is 7.67. The van der Waals surface area contributed by atoms with Gasteiger partial charge in [0.2, 0.25) is 5.91 Å². The van der Waals surface area contributed by atoms with Crippen LogP contribution >= 0.6 is 11.3 Å². The number of alkyl halides is 3. The van der Waals surface area contributed by atoms with Gasteiger partial charge in [0.15, 0.2) is 0 Å². The molecule has 10 heteroatoms. The number of rotatable bonds is 4. The van der Waals surface area contributed by atoms with Gasteiger partial charge in [-0.05, 0) is 42.8 Å². The molecule has 3 rings (SSSR count). The van der Waals surface area contributed by atoms with Crippen molar-refractivity contribution < 1.29 is 27.9 Å². The molecule has 30 heavy (non-hydrogen) atoms. The summed E-state index contributed by atoms with van der Waals surface area (Å²) in [6.07, 6.45) is -1.07. The zero-order valence-electron chi connectivity index (χ0n) is 15.7. The molecule has 0 aliphatic carbocycles. The molecule has 0 radical (unpaired) electrons. The Balaban J connectivity index is 0.000000396. The lowest BCUT2D eigenvalue weighted by molar-refractivity contribution is -0.192. The fraction of sp³-hybridized carbons (Fsp3) is 0.150. The Bertz CT molecular complexity index is 1010. The van der Waals surface area contributed by atoms with Gasteiger partial charge in [0.1, 0.15) is 5.01 Å². The number of carbonyl (C=O) groups is 2. The van der Waals surface area contributed by atoms with E-state index in [1.807, 2.05) is 54.6 Å². The number of hydrogen-bond acceptors (Lipinski definition) is 5. The highest BCUT2D eigenvalue weighted by molar-refractivity contribution is 7.19. The van der Waals surface area contributed by atoms with Gasteiger partial charge in [0, 0.05) is 5.69 Å². The van der Waals surface area contributed by atoms with E-state index in [2.05, 4.69) is 16.4 Å². The molecule has 1 heterocycles. The van der Waals surface area contributed by atoms with Crippen LogP contribution in [0.4, 0.5) is 18.9 Å². The van der Waals surface area contributed by atoms with E-state index in [4.69, 9.17) is 15.6 Å². The maximum absolute atomic E-state index is 11.5. The van der Waals surface area contributed by atoms with Gasteiger partial charge < -0.3 is 16.2 Å². The molecule has 1 atom stereocenters. The van der Waals surface area contributed by atoms with Gasteiger partial charge in [-0.3, -0.25) is 4.79 Å². The first-order valence-corrected chi connectivity index (χ1v) is 9.38. The normalized spacial score (nSPS) is 12.3. The Labute approximate surface area is 173 Å². The number of carboxylic acids is 1. The molecule has 0 aliphatic rings. The molecule has 6 nitrogen and oxygen atoms in total. The number of thiazole rings is 1. The second-order valence-corrected chi connectivity index (χ2v) is 7.12. The van der Waals surface area contributed by atoms with E-state index in [0.717, 1.165) is 21.8 Å². The first-order valence-electron chi connectivity index (χ1n) is 8.56. The molecule has 158 valence electrons. The summed E-state index contributed by atoms with van der Waals surface area (Å²) >= 11 is 1.66. The van der Waals surface area contributed by atoms with E-state index < -0.39 is 18.2 Å². The SMILES string of the molecule is C[C@@H](N)C(=O)Nc1ccc(/C=C/c2nc3ccccc3s2)cc1.O=C(O)C(F)(F)F. The number of aromatic nitrogens is 1. The largest absolute Gasteiger partial charge is 0.490 e. The van der Waals surface area contributed by atoms with Crippen molar-refractivity contribution in [2.45, 2.75) is 19.1 Å². The number of amides is 1. The van der Waals surface area contributed by atoms with Crippen LogP contribution < -0.4 is 11.1 Å². The number of nitrogens with two attached hydrogens (primary N) is 1. The Morgan fingerprint density at radius 1 is 1.13 bits per heavy atom. The molecule has 0 saturated heterocycles. The Morgan fingerprint density at radius 3 is 2.27 bits per heavy atom. The molecule has 0 aliphatic heterocycles. The highest BCUT2D eigenvalue weighted by Crippen LogP contribution is 2.23. The number of hydrogen-bond donors (Lipinski definition) is 3. The van der Waals surface area contributed by atoms with E-state index in [-0.39, 0.29) is 5.91 Å². The second kappa shape index (κ2) is 9.99.